The van der Waals surface area contributed by atoms with Gasteiger partial charge < -0.3 is 30.5 Å². The molecular formula is C43H69N4O5+. The summed E-state index contributed by atoms with van der Waals surface area (Å²) in [7, 11) is 0. The molecule has 1 saturated heterocycles. The van der Waals surface area contributed by atoms with Gasteiger partial charge in [-0.25, -0.2) is 4.99 Å². The Labute approximate surface area is 312 Å². The molecule has 290 valence electrons. The van der Waals surface area contributed by atoms with E-state index >= 15 is 0 Å². The number of carboxylic acid groups (broad SMARTS) is 1. The molecule has 3 fully saturated rings. The Morgan fingerprint density at radius 2 is 1.92 bits per heavy atom. The first kappa shape index (κ1) is 39.5. The number of carboxylic acids is 1. The topological polar surface area (TPSA) is 170 Å². The fourth-order valence-corrected chi connectivity index (χ4v) is 10.8. The minimum atomic E-state index is -1.20. The van der Waals surface area contributed by atoms with Crippen molar-refractivity contribution in [2.24, 2.45) is 52.2 Å². The van der Waals surface area contributed by atoms with Crippen molar-refractivity contribution < 1.29 is 35.5 Å². The number of nitrogens with one attached hydrogen (secondary N) is 1. The summed E-state index contributed by atoms with van der Waals surface area (Å²) >= 11 is 0. The van der Waals surface area contributed by atoms with E-state index in [4.69, 9.17) is 10.7 Å². The van der Waals surface area contributed by atoms with Crippen LogP contribution in [0.1, 0.15) is 135 Å². The van der Waals surface area contributed by atoms with Crippen LogP contribution >= 0.6 is 0 Å². The molecule has 2 saturated carbocycles. The normalized spacial score (nSPS) is 36.6. The van der Waals surface area contributed by atoms with Crippen molar-refractivity contribution in [3.8, 4) is 0 Å². The number of piperidine rings is 1. The summed E-state index contributed by atoms with van der Waals surface area (Å²) in [6.07, 6.45) is 27.4. The zero-order chi connectivity index (χ0) is 36.7. The fraction of sp³-hybridized carbons (Fsp3) is 0.791. The standard InChI is InChI=1S/C43H68N4O5/c1-2-3-5-8-28-11-12-31(40(49)21-28)9-6-4-7-10-36(42(50)51)39(48)13-16-43(52)27-30(19-29-14-17-46-41(44)22-29)20-34(43)25-35-24-33-23-32-15-18-45-37(32)26-38(33)47-35/h11-12,15,18,24,28-32,34,36,38-41,46,48-49,52H,2-10,13-14,16-17,19-23,25-27,44H2,1H3,(H,50,51)/p+1. The largest absolute Gasteiger partial charge is 0.550 e. The SMILES string of the molecule is CCCCCC1C=CC(CCCCCC(C(=O)[O-])C(O)CCC2(O)CC(CC3CC[NH2+]C(N)C3)CC2CC2=NC3CC4=[NH+]C=CC4CC3=C2)C(O)C1. The highest BCUT2D eigenvalue weighted by Gasteiger charge is 2.47. The number of allylic oxidation sites excluding steroid dienone is 3. The molecule has 12 unspecified atom stereocenters. The van der Waals surface area contributed by atoms with Gasteiger partial charge in [-0.05, 0) is 118 Å². The van der Waals surface area contributed by atoms with Crippen molar-refractivity contribution >= 4 is 17.4 Å². The Morgan fingerprint density at radius 3 is 2.71 bits per heavy atom. The number of hydrogen-bond donors (Lipinski definition) is 6. The zero-order valence-electron chi connectivity index (χ0n) is 31.8. The molecule has 0 amide bonds. The lowest BCUT2D eigenvalue weighted by Gasteiger charge is -2.33. The zero-order valence-corrected chi connectivity index (χ0v) is 31.8. The first-order valence-corrected chi connectivity index (χ1v) is 21.2. The number of rotatable bonds is 19. The summed E-state index contributed by atoms with van der Waals surface area (Å²) < 4.78 is 0. The molecule has 6 rings (SSSR count). The van der Waals surface area contributed by atoms with Gasteiger partial charge >= 0.3 is 0 Å². The lowest BCUT2D eigenvalue weighted by atomic mass is 9.80. The van der Waals surface area contributed by atoms with Gasteiger partial charge in [-0.15, -0.1) is 0 Å². The van der Waals surface area contributed by atoms with Gasteiger partial charge in [0.05, 0.1) is 42.7 Å². The van der Waals surface area contributed by atoms with E-state index in [0.29, 0.717) is 49.4 Å². The molecule has 3 aliphatic carbocycles. The van der Waals surface area contributed by atoms with Crippen molar-refractivity contribution in [3.05, 3.63) is 36.1 Å². The van der Waals surface area contributed by atoms with E-state index in [9.17, 15) is 25.2 Å². The van der Waals surface area contributed by atoms with E-state index < -0.39 is 23.6 Å². The summed E-state index contributed by atoms with van der Waals surface area (Å²) in [5, 5.41) is 48.8. The first-order chi connectivity index (χ1) is 25.1. The van der Waals surface area contributed by atoms with Crippen molar-refractivity contribution in [1.29, 1.82) is 0 Å². The molecule has 6 aliphatic rings. The van der Waals surface area contributed by atoms with Gasteiger partial charge in [0, 0.05) is 29.9 Å². The molecule has 0 spiro atoms. The minimum absolute atomic E-state index is 0.0201. The Hall–Kier alpha value is -2.17. The number of aliphatic imine (C=N–C) groups is 1. The molecule has 8 N–H and O–H groups in total. The number of aliphatic carboxylic acids is 1. The van der Waals surface area contributed by atoms with Crippen LogP contribution < -0.4 is 21.1 Å². The molecule has 9 heteroatoms. The molecule has 0 aromatic carbocycles. The van der Waals surface area contributed by atoms with Crippen LogP contribution in [-0.4, -0.2) is 69.3 Å². The van der Waals surface area contributed by atoms with Gasteiger partial charge in [0.1, 0.15) is 6.17 Å². The average molecular weight is 722 g/mol. The van der Waals surface area contributed by atoms with Crippen LogP contribution in [0.25, 0.3) is 0 Å². The summed E-state index contributed by atoms with van der Waals surface area (Å²) in [6, 6.07) is 0.196. The van der Waals surface area contributed by atoms with Gasteiger partial charge in [0.15, 0.2) is 11.9 Å². The number of nitrogens with zero attached hydrogens (tertiary/aromatic N) is 1. The number of aliphatic hydroxyl groups is 3. The highest BCUT2D eigenvalue weighted by Crippen LogP contribution is 2.48. The number of quaternary nitrogens is 1. The first-order valence-electron chi connectivity index (χ1n) is 21.2. The Bertz CT molecular complexity index is 1360. The van der Waals surface area contributed by atoms with E-state index in [1.54, 1.807) is 0 Å². The number of carbonyl (C=O) groups is 1. The van der Waals surface area contributed by atoms with Crippen LogP contribution in [0.4, 0.5) is 0 Å². The maximum atomic E-state index is 12.4. The monoisotopic (exact) mass is 722 g/mol. The minimum Gasteiger partial charge on any atom is -0.550 e. The van der Waals surface area contributed by atoms with Crippen LogP contribution in [0.15, 0.2) is 41.1 Å². The Morgan fingerprint density at radius 1 is 1.08 bits per heavy atom. The maximum Gasteiger partial charge on any atom is 0.165 e. The molecular weight excluding hydrogens is 652 g/mol. The van der Waals surface area contributed by atoms with E-state index in [0.717, 1.165) is 89.3 Å². The second kappa shape index (κ2) is 18.4. The lowest BCUT2D eigenvalue weighted by Crippen LogP contribution is -2.94. The summed E-state index contributed by atoms with van der Waals surface area (Å²) in [6.45, 7) is 3.27. The van der Waals surface area contributed by atoms with E-state index in [-0.39, 0.29) is 36.6 Å². The smallest absolute Gasteiger partial charge is 0.165 e. The highest BCUT2D eigenvalue weighted by atomic mass is 16.4. The number of aliphatic hydroxyl groups excluding tert-OH is 2. The van der Waals surface area contributed by atoms with Crippen LogP contribution in [0.2, 0.25) is 0 Å². The van der Waals surface area contributed by atoms with Crippen LogP contribution in [-0.2, 0) is 4.79 Å². The third kappa shape index (κ3) is 10.3. The molecule has 12 atom stereocenters. The van der Waals surface area contributed by atoms with Crippen molar-refractivity contribution in [2.45, 2.75) is 165 Å². The Kier molecular flexibility index (Phi) is 14.0. The predicted molar refractivity (Wildman–Crippen MR) is 203 cm³/mol. The number of hydrogen-bond acceptors (Lipinski definition) is 7. The molecule has 3 heterocycles. The second-order valence-corrected chi connectivity index (χ2v) is 17.8. The van der Waals surface area contributed by atoms with E-state index in [1.165, 1.54) is 30.5 Å². The van der Waals surface area contributed by atoms with E-state index in [2.05, 4.69) is 41.5 Å². The van der Waals surface area contributed by atoms with Gasteiger partial charge in [-0.1, -0.05) is 57.6 Å². The molecule has 0 aromatic rings. The molecule has 0 aromatic heterocycles. The highest BCUT2D eigenvalue weighted by molar-refractivity contribution is 6.00. The third-order valence-electron chi connectivity index (χ3n) is 13.8. The van der Waals surface area contributed by atoms with Crippen LogP contribution in [0.5, 0.6) is 0 Å². The number of nitrogens with two attached hydrogens (primary N) is 2. The molecule has 0 bridgehead atoms. The van der Waals surface area contributed by atoms with Crippen molar-refractivity contribution in [1.82, 2.24) is 0 Å². The lowest BCUT2D eigenvalue weighted by molar-refractivity contribution is -0.699. The summed E-state index contributed by atoms with van der Waals surface area (Å²) in [5.41, 5.74) is 9.16. The second-order valence-electron chi connectivity index (χ2n) is 17.8. The number of unbranched alkanes of at least 4 members (excludes halogenated alkanes) is 4. The molecule has 9 nitrogen and oxygen atoms in total. The number of fused-ring (bicyclic) bond motifs is 2. The van der Waals surface area contributed by atoms with Gasteiger partial charge in [0.2, 0.25) is 0 Å². The van der Waals surface area contributed by atoms with Gasteiger partial charge in [-0.2, -0.15) is 0 Å². The van der Waals surface area contributed by atoms with Gasteiger partial charge in [0.25, 0.3) is 0 Å². The quantitative estimate of drug-likeness (QED) is 0.0885. The van der Waals surface area contributed by atoms with Crippen molar-refractivity contribution in [2.75, 3.05) is 6.54 Å². The molecule has 52 heavy (non-hydrogen) atoms. The van der Waals surface area contributed by atoms with Crippen molar-refractivity contribution in [3.63, 3.8) is 0 Å². The van der Waals surface area contributed by atoms with Crippen LogP contribution in [0.3, 0.4) is 0 Å². The summed E-state index contributed by atoms with van der Waals surface area (Å²) in [5.74, 6) is -0.0773. The summed E-state index contributed by atoms with van der Waals surface area (Å²) in [4.78, 5) is 20.8. The average Bonchev–Trinajstić information content (AvgIpc) is 3.81. The van der Waals surface area contributed by atoms with Gasteiger partial charge in [-0.3, -0.25) is 10.7 Å². The molecule has 0 radical (unpaired) electrons. The number of carbonyl (C=O) groups excluding carboxylic acids is 1. The predicted octanol–water partition coefficient (Wildman–Crippen LogP) is 2.58. The van der Waals surface area contributed by atoms with E-state index in [1.807, 2.05) is 6.20 Å². The van der Waals surface area contributed by atoms with Crippen LogP contribution in [0, 0.1) is 41.4 Å². The fourth-order valence-electron chi connectivity index (χ4n) is 10.8. The maximum absolute atomic E-state index is 12.4. The third-order valence-corrected chi connectivity index (χ3v) is 13.8. The Balaban J connectivity index is 1.00. The molecule has 3 aliphatic heterocycles.